The van der Waals surface area contributed by atoms with Crippen LogP contribution in [0.3, 0.4) is 0 Å². The van der Waals surface area contributed by atoms with E-state index < -0.39 is 0 Å². The van der Waals surface area contributed by atoms with Gasteiger partial charge in [-0.15, -0.1) is 0 Å². The van der Waals surface area contributed by atoms with Gasteiger partial charge in [0.2, 0.25) is 0 Å². The highest BCUT2D eigenvalue weighted by Gasteiger charge is 2.20. The molecule has 1 aromatic carbocycles. The molecule has 0 saturated carbocycles. The van der Waals surface area contributed by atoms with Gasteiger partial charge < -0.3 is 10.2 Å². The number of hydrogen-bond donors (Lipinski definition) is 1. The molecule has 0 amide bonds. The lowest BCUT2D eigenvalue weighted by atomic mass is 10.1. The van der Waals surface area contributed by atoms with E-state index in [0.717, 1.165) is 43.4 Å². The van der Waals surface area contributed by atoms with Gasteiger partial charge in [-0.2, -0.15) is 0 Å². The van der Waals surface area contributed by atoms with Crippen molar-refractivity contribution in [2.75, 3.05) is 24.5 Å². The molecule has 1 unspecified atom stereocenters. The fourth-order valence-corrected chi connectivity index (χ4v) is 2.94. The third-order valence-electron chi connectivity index (χ3n) is 4.10. The van der Waals surface area contributed by atoms with E-state index in [-0.39, 0.29) is 0 Å². The zero-order valence-electron chi connectivity index (χ0n) is 12.4. The van der Waals surface area contributed by atoms with Crippen LogP contribution in [-0.4, -0.2) is 24.6 Å². The summed E-state index contributed by atoms with van der Waals surface area (Å²) in [4.78, 5) is 7.28. The molecule has 1 aliphatic heterocycles. The first-order valence-electron chi connectivity index (χ1n) is 7.62. The standard InChI is InChI=1S/C17H23N3/c1-3-18-11-14-10-17(20-9-8-13(2)12-20)19-16-7-5-4-6-15(14)16/h4-7,10,13,18H,3,8-9,11-12H2,1-2H3. The maximum atomic E-state index is 4.86. The molecule has 106 valence electrons. The second kappa shape index (κ2) is 5.80. The highest BCUT2D eigenvalue weighted by molar-refractivity contribution is 5.84. The molecule has 3 heteroatoms. The van der Waals surface area contributed by atoms with Gasteiger partial charge in [0.1, 0.15) is 5.82 Å². The minimum atomic E-state index is 0.778. The van der Waals surface area contributed by atoms with Crippen LogP contribution in [0, 0.1) is 5.92 Å². The minimum Gasteiger partial charge on any atom is -0.356 e. The molecule has 1 aliphatic rings. The third kappa shape index (κ3) is 2.63. The Kier molecular flexibility index (Phi) is 3.88. The Labute approximate surface area is 121 Å². The normalized spacial score (nSPS) is 18.9. The van der Waals surface area contributed by atoms with Crippen molar-refractivity contribution in [3.63, 3.8) is 0 Å². The van der Waals surface area contributed by atoms with E-state index in [4.69, 9.17) is 4.98 Å². The first-order chi connectivity index (χ1) is 9.78. The second-order valence-corrected chi connectivity index (χ2v) is 5.78. The van der Waals surface area contributed by atoms with E-state index in [9.17, 15) is 0 Å². The summed E-state index contributed by atoms with van der Waals surface area (Å²) in [5.41, 5.74) is 2.46. The topological polar surface area (TPSA) is 28.2 Å². The van der Waals surface area contributed by atoms with Gasteiger partial charge in [-0.3, -0.25) is 0 Å². The molecule has 0 aliphatic carbocycles. The van der Waals surface area contributed by atoms with Crippen molar-refractivity contribution in [2.45, 2.75) is 26.8 Å². The smallest absolute Gasteiger partial charge is 0.129 e. The number of aromatic nitrogens is 1. The van der Waals surface area contributed by atoms with Crippen LogP contribution in [0.2, 0.25) is 0 Å². The summed E-state index contributed by atoms with van der Waals surface area (Å²) in [6.45, 7) is 8.63. The minimum absolute atomic E-state index is 0.778. The van der Waals surface area contributed by atoms with Crippen LogP contribution in [-0.2, 0) is 6.54 Å². The molecule has 1 saturated heterocycles. The van der Waals surface area contributed by atoms with Crippen molar-refractivity contribution < 1.29 is 0 Å². The molecule has 0 bridgehead atoms. The van der Waals surface area contributed by atoms with E-state index in [1.807, 2.05) is 0 Å². The first kappa shape index (κ1) is 13.4. The lowest BCUT2D eigenvalue weighted by Gasteiger charge is -2.19. The summed E-state index contributed by atoms with van der Waals surface area (Å²) in [6.07, 6.45) is 1.27. The molecule has 20 heavy (non-hydrogen) atoms. The maximum absolute atomic E-state index is 4.86. The summed E-state index contributed by atoms with van der Waals surface area (Å²) in [5, 5.41) is 4.70. The number of para-hydroxylation sites is 1. The van der Waals surface area contributed by atoms with Crippen LogP contribution in [0.1, 0.15) is 25.8 Å². The Morgan fingerprint density at radius 1 is 1.35 bits per heavy atom. The number of hydrogen-bond acceptors (Lipinski definition) is 3. The monoisotopic (exact) mass is 269 g/mol. The van der Waals surface area contributed by atoms with Crippen LogP contribution in [0.5, 0.6) is 0 Å². The lowest BCUT2D eigenvalue weighted by molar-refractivity contribution is 0.659. The summed E-state index contributed by atoms with van der Waals surface area (Å²) in [7, 11) is 0. The molecule has 0 spiro atoms. The van der Waals surface area contributed by atoms with Gasteiger partial charge in [0.15, 0.2) is 0 Å². The average molecular weight is 269 g/mol. The summed E-state index contributed by atoms with van der Waals surface area (Å²) >= 11 is 0. The first-order valence-corrected chi connectivity index (χ1v) is 7.62. The van der Waals surface area contributed by atoms with Crippen molar-refractivity contribution in [2.24, 2.45) is 5.92 Å². The third-order valence-corrected chi connectivity index (χ3v) is 4.10. The molecule has 2 heterocycles. The fraction of sp³-hybridized carbons (Fsp3) is 0.471. The predicted molar refractivity (Wildman–Crippen MR) is 85.1 cm³/mol. The number of anilines is 1. The van der Waals surface area contributed by atoms with Crippen LogP contribution >= 0.6 is 0 Å². The van der Waals surface area contributed by atoms with Crippen LogP contribution in [0.15, 0.2) is 30.3 Å². The second-order valence-electron chi connectivity index (χ2n) is 5.78. The molecule has 1 N–H and O–H groups in total. The van der Waals surface area contributed by atoms with Crippen LogP contribution < -0.4 is 10.2 Å². The quantitative estimate of drug-likeness (QED) is 0.924. The van der Waals surface area contributed by atoms with Gasteiger partial charge in [0.25, 0.3) is 0 Å². The van der Waals surface area contributed by atoms with Gasteiger partial charge in [-0.1, -0.05) is 32.0 Å². The Morgan fingerprint density at radius 3 is 2.95 bits per heavy atom. The number of nitrogens with zero attached hydrogens (tertiary/aromatic N) is 2. The molecular formula is C17H23N3. The molecule has 1 aromatic heterocycles. The van der Waals surface area contributed by atoms with Gasteiger partial charge in [-0.05, 0) is 36.6 Å². The van der Waals surface area contributed by atoms with E-state index >= 15 is 0 Å². The number of benzene rings is 1. The van der Waals surface area contributed by atoms with Crippen molar-refractivity contribution >= 4 is 16.7 Å². The number of rotatable bonds is 4. The highest BCUT2D eigenvalue weighted by Crippen LogP contribution is 2.26. The lowest BCUT2D eigenvalue weighted by Crippen LogP contribution is -2.21. The zero-order chi connectivity index (χ0) is 13.9. The molecule has 3 rings (SSSR count). The molecule has 1 fully saturated rings. The highest BCUT2D eigenvalue weighted by atomic mass is 15.2. The molecule has 0 radical (unpaired) electrons. The van der Waals surface area contributed by atoms with Crippen molar-refractivity contribution in [3.05, 3.63) is 35.9 Å². The van der Waals surface area contributed by atoms with E-state index in [1.54, 1.807) is 0 Å². The van der Waals surface area contributed by atoms with E-state index in [1.165, 1.54) is 17.4 Å². The van der Waals surface area contributed by atoms with Gasteiger partial charge >= 0.3 is 0 Å². The van der Waals surface area contributed by atoms with Crippen molar-refractivity contribution in [1.29, 1.82) is 0 Å². The van der Waals surface area contributed by atoms with Gasteiger partial charge in [-0.25, -0.2) is 4.98 Å². The summed E-state index contributed by atoms with van der Waals surface area (Å²) in [6, 6.07) is 10.7. The largest absolute Gasteiger partial charge is 0.356 e. The Hall–Kier alpha value is -1.61. The zero-order valence-corrected chi connectivity index (χ0v) is 12.4. The number of nitrogens with one attached hydrogen (secondary N) is 1. The van der Waals surface area contributed by atoms with Gasteiger partial charge in [0, 0.05) is 25.0 Å². The van der Waals surface area contributed by atoms with Crippen LogP contribution in [0.25, 0.3) is 10.9 Å². The van der Waals surface area contributed by atoms with E-state index in [0.29, 0.717) is 0 Å². The Bertz CT molecular complexity index is 594. The Balaban J connectivity index is 2.00. The molecule has 3 nitrogen and oxygen atoms in total. The van der Waals surface area contributed by atoms with Crippen molar-refractivity contribution in [3.8, 4) is 0 Å². The molecular weight excluding hydrogens is 246 g/mol. The fourth-order valence-electron chi connectivity index (χ4n) is 2.94. The van der Waals surface area contributed by atoms with Gasteiger partial charge in [0.05, 0.1) is 5.52 Å². The number of pyridine rings is 1. The molecule has 2 aromatic rings. The molecule has 1 atom stereocenters. The SMILES string of the molecule is CCNCc1cc(N2CCC(C)C2)nc2ccccc12. The average Bonchev–Trinajstić information content (AvgIpc) is 2.91. The van der Waals surface area contributed by atoms with Crippen LogP contribution in [0.4, 0.5) is 5.82 Å². The number of fused-ring (bicyclic) bond motifs is 1. The Morgan fingerprint density at radius 2 is 2.20 bits per heavy atom. The predicted octanol–water partition coefficient (Wildman–Crippen LogP) is 3.19. The van der Waals surface area contributed by atoms with E-state index in [2.05, 4.69) is 54.4 Å². The summed E-state index contributed by atoms with van der Waals surface area (Å²) in [5.74, 6) is 1.92. The maximum Gasteiger partial charge on any atom is 0.129 e. The summed E-state index contributed by atoms with van der Waals surface area (Å²) < 4.78 is 0. The van der Waals surface area contributed by atoms with Crippen molar-refractivity contribution in [1.82, 2.24) is 10.3 Å².